The first-order chi connectivity index (χ1) is 7.66. The summed E-state index contributed by atoms with van der Waals surface area (Å²) in [6.45, 7) is 4.77. The molecular weight excluding hydrogens is 210 g/mol. The van der Waals surface area contributed by atoms with Gasteiger partial charge in [0.2, 0.25) is 0 Å². The van der Waals surface area contributed by atoms with Crippen LogP contribution in [-0.2, 0) is 14.3 Å². The topological polar surface area (TPSA) is 84.7 Å². The number of esters is 1. The lowest BCUT2D eigenvalue weighted by Gasteiger charge is -2.22. The Morgan fingerprint density at radius 1 is 1.44 bits per heavy atom. The smallest absolute Gasteiger partial charge is 0.332 e. The number of nitrogens with one attached hydrogen (secondary N) is 1. The van der Waals surface area contributed by atoms with E-state index < -0.39 is 12.0 Å². The number of ether oxygens (including phenoxy) is 1. The van der Waals surface area contributed by atoms with Gasteiger partial charge in [0.05, 0.1) is 6.61 Å². The van der Waals surface area contributed by atoms with E-state index in [9.17, 15) is 9.59 Å². The van der Waals surface area contributed by atoms with Crippen molar-refractivity contribution in [3.05, 3.63) is 0 Å². The molecule has 1 saturated heterocycles. The quantitative estimate of drug-likeness (QED) is 0.464. The summed E-state index contributed by atoms with van der Waals surface area (Å²) < 4.78 is 4.72. The molecule has 6 heteroatoms. The Hall–Kier alpha value is -1.14. The summed E-state index contributed by atoms with van der Waals surface area (Å²) in [5, 5.41) is 3.17. The van der Waals surface area contributed by atoms with Gasteiger partial charge in [0, 0.05) is 19.6 Å². The largest absolute Gasteiger partial charge is 0.464 e. The maximum Gasteiger partial charge on any atom is 0.332 e. The molecule has 0 aromatic heterocycles. The van der Waals surface area contributed by atoms with E-state index in [4.69, 9.17) is 10.5 Å². The summed E-state index contributed by atoms with van der Waals surface area (Å²) in [7, 11) is 0. The Labute approximate surface area is 95.1 Å². The molecule has 1 aliphatic heterocycles. The van der Waals surface area contributed by atoms with Gasteiger partial charge < -0.3 is 20.7 Å². The van der Waals surface area contributed by atoms with Crippen molar-refractivity contribution in [3.8, 4) is 0 Å². The van der Waals surface area contributed by atoms with E-state index in [2.05, 4.69) is 5.32 Å². The molecule has 1 atom stereocenters. The zero-order valence-corrected chi connectivity index (χ0v) is 9.57. The SMILES string of the molecule is CCOC(=O)C(N)C(=O)N1CCCNCC1. The maximum absolute atomic E-state index is 11.8. The van der Waals surface area contributed by atoms with Crippen LogP contribution in [-0.4, -0.2) is 55.6 Å². The second kappa shape index (κ2) is 6.44. The lowest BCUT2D eigenvalue weighted by molar-refractivity contribution is -0.150. The number of amides is 1. The van der Waals surface area contributed by atoms with Crippen molar-refractivity contribution in [1.29, 1.82) is 0 Å². The number of nitrogens with two attached hydrogens (primary N) is 1. The normalized spacial score (nSPS) is 18.8. The van der Waals surface area contributed by atoms with Crippen LogP contribution in [0.2, 0.25) is 0 Å². The molecule has 0 aromatic carbocycles. The standard InChI is InChI=1S/C10H19N3O3/c1-2-16-10(15)8(11)9(14)13-6-3-4-12-5-7-13/h8,12H,2-7,11H2,1H3. The molecule has 6 nitrogen and oxygen atoms in total. The third-order valence-corrected chi connectivity index (χ3v) is 2.46. The lowest BCUT2D eigenvalue weighted by atomic mass is 10.2. The van der Waals surface area contributed by atoms with Crippen molar-refractivity contribution in [1.82, 2.24) is 10.2 Å². The van der Waals surface area contributed by atoms with Crippen molar-refractivity contribution < 1.29 is 14.3 Å². The van der Waals surface area contributed by atoms with Crippen LogP contribution >= 0.6 is 0 Å². The first-order valence-corrected chi connectivity index (χ1v) is 5.58. The van der Waals surface area contributed by atoms with Crippen LogP contribution in [0.4, 0.5) is 0 Å². The third-order valence-electron chi connectivity index (χ3n) is 2.46. The van der Waals surface area contributed by atoms with Crippen molar-refractivity contribution in [2.75, 3.05) is 32.8 Å². The van der Waals surface area contributed by atoms with Gasteiger partial charge in [0.15, 0.2) is 6.04 Å². The highest BCUT2D eigenvalue weighted by atomic mass is 16.5. The number of nitrogens with zero attached hydrogens (tertiary/aromatic N) is 1. The average molecular weight is 229 g/mol. The minimum atomic E-state index is -1.18. The van der Waals surface area contributed by atoms with Gasteiger partial charge in [-0.2, -0.15) is 0 Å². The molecule has 16 heavy (non-hydrogen) atoms. The number of hydrogen-bond acceptors (Lipinski definition) is 5. The highest BCUT2D eigenvalue weighted by molar-refractivity contribution is 6.01. The first kappa shape index (κ1) is 12.9. The van der Waals surface area contributed by atoms with Gasteiger partial charge in [-0.15, -0.1) is 0 Å². The van der Waals surface area contributed by atoms with Crippen molar-refractivity contribution in [2.24, 2.45) is 5.73 Å². The van der Waals surface area contributed by atoms with Crippen LogP contribution in [0.3, 0.4) is 0 Å². The second-order valence-corrected chi connectivity index (χ2v) is 3.66. The molecule has 1 amide bonds. The summed E-state index contributed by atoms with van der Waals surface area (Å²) in [4.78, 5) is 24.8. The molecule has 1 rings (SSSR count). The van der Waals surface area contributed by atoms with E-state index >= 15 is 0 Å². The zero-order valence-electron chi connectivity index (χ0n) is 9.57. The van der Waals surface area contributed by atoms with Crippen LogP contribution in [0.1, 0.15) is 13.3 Å². The fraction of sp³-hybridized carbons (Fsp3) is 0.800. The molecule has 1 fully saturated rings. The molecule has 0 saturated carbocycles. The zero-order chi connectivity index (χ0) is 12.0. The predicted octanol–water partition coefficient (Wildman–Crippen LogP) is -1.30. The number of carbonyl (C=O) groups is 2. The molecule has 92 valence electrons. The minimum Gasteiger partial charge on any atom is -0.464 e. The van der Waals surface area contributed by atoms with Crippen LogP contribution in [0, 0.1) is 0 Å². The fourth-order valence-electron chi connectivity index (χ4n) is 1.60. The van der Waals surface area contributed by atoms with E-state index in [0.717, 1.165) is 19.5 Å². The van der Waals surface area contributed by atoms with Gasteiger partial charge in [0.1, 0.15) is 0 Å². The molecule has 1 aliphatic rings. The van der Waals surface area contributed by atoms with Gasteiger partial charge in [-0.25, -0.2) is 4.79 Å². The average Bonchev–Trinajstić information content (AvgIpc) is 2.56. The van der Waals surface area contributed by atoms with Crippen molar-refractivity contribution in [2.45, 2.75) is 19.4 Å². The predicted molar refractivity (Wildman–Crippen MR) is 58.7 cm³/mol. The maximum atomic E-state index is 11.8. The number of carbonyl (C=O) groups excluding carboxylic acids is 2. The van der Waals surface area contributed by atoms with Crippen molar-refractivity contribution >= 4 is 11.9 Å². The summed E-state index contributed by atoms with van der Waals surface area (Å²) in [6.07, 6.45) is 0.876. The molecule has 1 unspecified atom stereocenters. The van der Waals surface area contributed by atoms with Crippen LogP contribution in [0.25, 0.3) is 0 Å². The van der Waals surface area contributed by atoms with Gasteiger partial charge in [0.25, 0.3) is 5.91 Å². The highest BCUT2D eigenvalue weighted by Crippen LogP contribution is 2.00. The van der Waals surface area contributed by atoms with Crippen LogP contribution in [0.15, 0.2) is 0 Å². The molecule has 0 spiro atoms. The van der Waals surface area contributed by atoms with E-state index in [0.29, 0.717) is 13.1 Å². The molecule has 0 radical (unpaired) electrons. The summed E-state index contributed by atoms with van der Waals surface area (Å²) in [5.74, 6) is -0.994. The number of rotatable bonds is 3. The van der Waals surface area contributed by atoms with Crippen LogP contribution in [0.5, 0.6) is 0 Å². The Balaban J connectivity index is 2.50. The van der Waals surface area contributed by atoms with E-state index in [1.165, 1.54) is 0 Å². The van der Waals surface area contributed by atoms with E-state index in [1.54, 1.807) is 11.8 Å². The van der Waals surface area contributed by atoms with Gasteiger partial charge in [-0.3, -0.25) is 4.79 Å². The van der Waals surface area contributed by atoms with Crippen molar-refractivity contribution in [3.63, 3.8) is 0 Å². The molecule has 1 heterocycles. The first-order valence-electron chi connectivity index (χ1n) is 5.58. The van der Waals surface area contributed by atoms with Crippen LogP contribution < -0.4 is 11.1 Å². The molecular formula is C10H19N3O3. The molecule has 0 aromatic rings. The van der Waals surface area contributed by atoms with Gasteiger partial charge >= 0.3 is 5.97 Å². The Morgan fingerprint density at radius 2 is 2.19 bits per heavy atom. The van der Waals surface area contributed by atoms with Gasteiger partial charge in [-0.05, 0) is 19.9 Å². The summed E-state index contributed by atoms with van der Waals surface area (Å²) in [5.41, 5.74) is 5.54. The summed E-state index contributed by atoms with van der Waals surface area (Å²) >= 11 is 0. The summed E-state index contributed by atoms with van der Waals surface area (Å²) in [6, 6.07) is -1.18. The van der Waals surface area contributed by atoms with Gasteiger partial charge in [-0.1, -0.05) is 0 Å². The Kier molecular flexibility index (Phi) is 5.21. The monoisotopic (exact) mass is 229 g/mol. The number of hydrogen-bond donors (Lipinski definition) is 2. The third kappa shape index (κ3) is 3.46. The second-order valence-electron chi connectivity index (χ2n) is 3.66. The fourth-order valence-corrected chi connectivity index (χ4v) is 1.60. The molecule has 3 N–H and O–H groups in total. The lowest BCUT2D eigenvalue weighted by Crippen LogP contribution is -2.49. The van der Waals surface area contributed by atoms with E-state index in [-0.39, 0.29) is 12.5 Å². The highest BCUT2D eigenvalue weighted by Gasteiger charge is 2.28. The Morgan fingerprint density at radius 3 is 2.88 bits per heavy atom. The minimum absolute atomic E-state index is 0.237. The molecule has 0 bridgehead atoms. The Bertz CT molecular complexity index is 250. The molecule has 0 aliphatic carbocycles. The van der Waals surface area contributed by atoms with E-state index in [1.807, 2.05) is 0 Å².